The molecule has 13 nitrogen and oxygen atoms in total. The number of aromatic amines is 1. The molecule has 1 aliphatic carbocycles. The Morgan fingerprint density at radius 3 is 2.38 bits per heavy atom. The molecule has 1 unspecified atom stereocenters. The van der Waals surface area contributed by atoms with Crippen LogP contribution in [0, 0.1) is 17.7 Å². The molecule has 318 valence electrons. The van der Waals surface area contributed by atoms with Crippen molar-refractivity contribution >= 4 is 34.2 Å². The van der Waals surface area contributed by atoms with Crippen LogP contribution in [0.3, 0.4) is 0 Å². The fourth-order valence-electron chi connectivity index (χ4n) is 10.5. The van der Waals surface area contributed by atoms with Crippen molar-refractivity contribution in [1.82, 2.24) is 40.2 Å². The summed E-state index contributed by atoms with van der Waals surface area (Å²) in [6, 6.07) is 11.2. The molecule has 5 aliphatic heterocycles. The van der Waals surface area contributed by atoms with E-state index in [1.807, 2.05) is 12.1 Å². The lowest BCUT2D eigenvalue weighted by atomic mass is 9.90. The number of aromatic nitrogens is 4. The van der Waals surface area contributed by atoms with Crippen LogP contribution in [-0.2, 0) is 11.3 Å². The number of anilines is 2. The monoisotopic (exact) mass is 818 g/mol. The Balaban J connectivity index is 0.694. The van der Waals surface area contributed by atoms with Gasteiger partial charge >= 0.3 is 0 Å². The van der Waals surface area contributed by atoms with Crippen LogP contribution in [0.15, 0.2) is 42.7 Å². The van der Waals surface area contributed by atoms with Gasteiger partial charge in [0.1, 0.15) is 35.2 Å². The first-order valence-electron chi connectivity index (χ1n) is 22.4. The highest BCUT2D eigenvalue weighted by molar-refractivity contribution is 6.01. The van der Waals surface area contributed by atoms with Gasteiger partial charge in [0, 0.05) is 93.6 Å². The van der Waals surface area contributed by atoms with Crippen LogP contribution in [0.1, 0.15) is 88.1 Å². The Labute approximate surface area is 352 Å². The van der Waals surface area contributed by atoms with E-state index in [2.05, 4.69) is 73.0 Å². The molecule has 2 N–H and O–H groups in total. The number of benzene rings is 2. The van der Waals surface area contributed by atoms with Crippen LogP contribution < -0.4 is 19.9 Å². The lowest BCUT2D eigenvalue weighted by molar-refractivity contribution is -0.127. The summed E-state index contributed by atoms with van der Waals surface area (Å²) >= 11 is 0. The summed E-state index contributed by atoms with van der Waals surface area (Å²) in [4.78, 5) is 46.5. The Hall–Kier alpha value is -4.82. The maximum absolute atomic E-state index is 16.0. The van der Waals surface area contributed by atoms with Gasteiger partial charge in [0.05, 0.1) is 23.4 Å². The molecule has 60 heavy (non-hydrogen) atoms. The number of ether oxygens (including phenoxy) is 1. The second kappa shape index (κ2) is 15.6. The van der Waals surface area contributed by atoms with Crippen molar-refractivity contribution in [2.75, 3.05) is 75.2 Å². The van der Waals surface area contributed by atoms with Crippen molar-refractivity contribution in [3.05, 3.63) is 59.7 Å². The summed E-state index contributed by atoms with van der Waals surface area (Å²) in [6.07, 6.45) is 9.60. The molecule has 1 saturated carbocycles. The average molecular weight is 819 g/mol. The van der Waals surface area contributed by atoms with Crippen molar-refractivity contribution in [3.8, 4) is 17.1 Å². The third-order valence-corrected chi connectivity index (χ3v) is 14.5. The smallest absolute Gasteiger partial charge is 0.255 e. The molecular formula is C46H59FN10O3. The van der Waals surface area contributed by atoms with E-state index >= 15 is 4.39 Å². The van der Waals surface area contributed by atoms with E-state index < -0.39 is 6.04 Å². The number of nitrogens with zero attached hydrogens (tertiary/aromatic N) is 8. The first kappa shape index (κ1) is 39.3. The number of hydrogen-bond acceptors (Lipinski definition) is 10. The normalized spacial score (nSPS) is 23.9. The van der Waals surface area contributed by atoms with E-state index in [1.54, 1.807) is 23.4 Å². The molecule has 6 aliphatic rings. The SMILES string of the molecule is CC1(Oc2ccc3[nH]nc(-c4cc(N5CCC(CN6CCN(CC7CCN(c8ccc9c(c8F)CN(C8CCCNC8=O)C9=O)CC7)CC6(C)C)CC5)ncn4)c3c2)CC1. The van der Waals surface area contributed by atoms with Crippen LogP contribution in [0.25, 0.3) is 22.3 Å². The number of carbonyl (C=O) groups is 2. The highest BCUT2D eigenvalue weighted by Gasteiger charge is 2.42. The van der Waals surface area contributed by atoms with Gasteiger partial charge in [-0.05, 0) is 114 Å². The van der Waals surface area contributed by atoms with Crippen molar-refractivity contribution in [1.29, 1.82) is 0 Å². The molecule has 2 amide bonds. The Kier molecular flexibility index (Phi) is 10.2. The zero-order chi connectivity index (χ0) is 41.2. The standard InChI is InChI=1S/C46H59FN10O3/c1-45(2)28-53(25-30-10-17-54(18-11-30)38-9-7-33-35(41(38)47)27-57(44(33)59)39-5-4-16-48-43(39)58)21-22-56(45)26-31-12-19-55(20-13-31)40-24-37(49-29-50-40)42-34-23-32(60-46(3)14-15-46)6-8-36(34)51-52-42/h6-9,23-24,29-31,39H,4-5,10-22,25-28H2,1-3H3,(H,48,58)(H,51,52). The second-order valence-electron chi connectivity index (χ2n) is 19.3. The number of nitrogens with one attached hydrogen (secondary N) is 2. The fourth-order valence-corrected chi connectivity index (χ4v) is 10.5. The first-order valence-corrected chi connectivity index (χ1v) is 22.4. The maximum atomic E-state index is 16.0. The third-order valence-electron chi connectivity index (χ3n) is 14.5. The van der Waals surface area contributed by atoms with E-state index in [9.17, 15) is 9.59 Å². The minimum atomic E-state index is -0.519. The summed E-state index contributed by atoms with van der Waals surface area (Å²) in [7, 11) is 0. The van der Waals surface area contributed by atoms with Gasteiger partial charge in [-0.1, -0.05) is 0 Å². The molecule has 1 atom stereocenters. The summed E-state index contributed by atoms with van der Waals surface area (Å²) in [5, 5.41) is 11.7. The van der Waals surface area contributed by atoms with Gasteiger partial charge in [-0.25, -0.2) is 14.4 Å². The van der Waals surface area contributed by atoms with Crippen LogP contribution >= 0.6 is 0 Å². The lowest BCUT2D eigenvalue weighted by Gasteiger charge is -2.50. The van der Waals surface area contributed by atoms with Crippen LogP contribution in [0.5, 0.6) is 5.75 Å². The molecule has 7 heterocycles. The van der Waals surface area contributed by atoms with E-state index in [-0.39, 0.29) is 35.3 Å². The number of rotatable bonds is 10. The van der Waals surface area contributed by atoms with Crippen molar-refractivity contribution in [3.63, 3.8) is 0 Å². The molecule has 2 aromatic carbocycles. The molecule has 0 radical (unpaired) electrons. The minimum Gasteiger partial charge on any atom is -0.488 e. The summed E-state index contributed by atoms with van der Waals surface area (Å²) in [5.74, 6) is 2.38. The largest absolute Gasteiger partial charge is 0.488 e. The molecule has 5 fully saturated rings. The zero-order valence-corrected chi connectivity index (χ0v) is 35.4. The van der Waals surface area contributed by atoms with Crippen LogP contribution in [0.4, 0.5) is 15.9 Å². The van der Waals surface area contributed by atoms with Gasteiger partial charge in [-0.15, -0.1) is 0 Å². The number of hydrogen-bond donors (Lipinski definition) is 2. The van der Waals surface area contributed by atoms with E-state index in [0.29, 0.717) is 41.6 Å². The molecule has 0 bridgehead atoms. The van der Waals surface area contributed by atoms with Gasteiger partial charge in [-0.2, -0.15) is 5.10 Å². The molecule has 4 aromatic rings. The molecule has 0 spiro atoms. The molecule has 14 heteroatoms. The molecule has 2 aromatic heterocycles. The van der Waals surface area contributed by atoms with Crippen molar-refractivity contribution in [2.45, 2.75) is 95.9 Å². The number of carbonyl (C=O) groups excluding carboxylic acids is 2. The van der Waals surface area contributed by atoms with E-state index in [0.717, 1.165) is 138 Å². The average Bonchev–Trinajstić information content (AvgIpc) is 3.66. The fraction of sp³-hybridized carbons (Fsp3) is 0.587. The third kappa shape index (κ3) is 7.69. The zero-order valence-electron chi connectivity index (χ0n) is 35.4. The van der Waals surface area contributed by atoms with E-state index in [4.69, 9.17) is 9.72 Å². The number of amides is 2. The lowest BCUT2D eigenvalue weighted by Crippen LogP contribution is -2.61. The number of fused-ring (bicyclic) bond motifs is 2. The number of halogens is 1. The maximum Gasteiger partial charge on any atom is 0.255 e. The predicted octanol–water partition coefficient (Wildman–Crippen LogP) is 5.85. The van der Waals surface area contributed by atoms with Crippen molar-refractivity contribution < 1.29 is 18.7 Å². The van der Waals surface area contributed by atoms with Gasteiger partial charge < -0.3 is 24.8 Å². The van der Waals surface area contributed by atoms with Gasteiger partial charge in [-0.3, -0.25) is 24.5 Å². The van der Waals surface area contributed by atoms with Crippen molar-refractivity contribution in [2.24, 2.45) is 11.8 Å². The topological polar surface area (TPSA) is 126 Å². The number of piperidine rings is 3. The number of H-pyrrole nitrogens is 1. The quantitative estimate of drug-likeness (QED) is 0.201. The van der Waals surface area contributed by atoms with Crippen LogP contribution in [-0.4, -0.2) is 129 Å². The molecule has 4 saturated heterocycles. The van der Waals surface area contributed by atoms with Gasteiger partial charge in [0.15, 0.2) is 5.82 Å². The first-order chi connectivity index (χ1) is 29.0. The Morgan fingerprint density at radius 1 is 0.867 bits per heavy atom. The van der Waals surface area contributed by atoms with Crippen LogP contribution in [0.2, 0.25) is 0 Å². The highest BCUT2D eigenvalue weighted by Crippen LogP contribution is 2.41. The predicted molar refractivity (Wildman–Crippen MR) is 230 cm³/mol. The Bertz CT molecular complexity index is 2260. The summed E-state index contributed by atoms with van der Waals surface area (Å²) in [5.41, 5.74) is 4.08. The van der Waals surface area contributed by atoms with E-state index in [1.165, 1.54) is 0 Å². The van der Waals surface area contributed by atoms with Gasteiger partial charge in [0.2, 0.25) is 5.91 Å². The highest BCUT2D eigenvalue weighted by atomic mass is 19.1. The minimum absolute atomic E-state index is 0.0426. The van der Waals surface area contributed by atoms with Gasteiger partial charge in [0.25, 0.3) is 5.91 Å². The molecular weight excluding hydrogens is 760 g/mol. The summed E-state index contributed by atoms with van der Waals surface area (Å²) < 4.78 is 22.3. The Morgan fingerprint density at radius 2 is 1.63 bits per heavy atom. The second-order valence-corrected chi connectivity index (χ2v) is 19.3. The summed E-state index contributed by atoms with van der Waals surface area (Å²) in [6.45, 7) is 16.7. The number of piperazine rings is 1. The molecule has 10 rings (SSSR count).